The first kappa shape index (κ1) is 16.4. The molecule has 8 heteroatoms. The zero-order chi connectivity index (χ0) is 17.5. The van der Waals surface area contributed by atoms with E-state index < -0.39 is 21.9 Å². The molecule has 2 aromatic carbocycles. The van der Waals surface area contributed by atoms with Crippen LogP contribution >= 0.6 is 0 Å². The van der Waals surface area contributed by atoms with Crippen molar-refractivity contribution in [3.8, 4) is 0 Å². The van der Waals surface area contributed by atoms with E-state index in [9.17, 15) is 21.6 Å². The molecule has 4 nitrogen and oxygen atoms in total. The average molecular weight is 354 g/mol. The molecule has 0 aliphatic rings. The lowest BCUT2D eigenvalue weighted by atomic mass is 10.2. The maximum Gasteiger partial charge on any atom is 0.431 e. The van der Waals surface area contributed by atoms with E-state index in [2.05, 4.69) is 9.71 Å². The molecule has 0 saturated heterocycles. The molecule has 2 N–H and O–H groups in total. The van der Waals surface area contributed by atoms with Crippen LogP contribution in [-0.4, -0.2) is 13.4 Å². The van der Waals surface area contributed by atoms with Gasteiger partial charge in [0.25, 0.3) is 10.0 Å². The Morgan fingerprint density at radius 1 is 1.00 bits per heavy atom. The van der Waals surface area contributed by atoms with E-state index in [0.29, 0.717) is 0 Å². The molecule has 3 rings (SSSR count). The SMILES string of the molecule is Cc1ccc(S(=O)(=O)Nc2ccc3[nH]c(C(F)(F)F)cc3c2)cc1. The number of hydrogen-bond donors (Lipinski definition) is 2. The Bertz CT molecular complexity index is 990. The average Bonchev–Trinajstić information content (AvgIpc) is 2.90. The van der Waals surface area contributed by atoms with Crippen molar-refractivity contribution in [3.05, 3.63) is 59.8 Å². The predicted molar refractivity (Wildman–Crippen MR) is 85.3 cm³/mol. The molecule has 0 unspecified atom stereocenters. The first-order valence-corrected chi connectivity index (χ1v) is 8.43. The highest BCUT2D eigenvalue weighted by atomic mass is 32.2. The van der Waals surface area contributed by atoms with Crippen LogP contribution in [0.15, 0.2) is 53.4 Å². The Kier molecular flexibility index (Phi) is 3.79. The molecule has 3 aromatic rings. The van der Waals surface area contributed by atoms with Crippen molar-refractivity contribution < 1.29 is 21.6 Å². The number of hydrogen-bond acceptors (Lipinski definition) is 2. The molecule has 0 aliphatic heterocycles. The van der Waals surface area contributed by atoms with Gasteiger partial charge in [0.1, 0.15) is 5.69 Å². The topological polar surface area (TPSA) is 62.0 Å². The van der Waals surface area contributed by atoms with Gasteiger partial charge < -0.3 is 4.98 Å². The van der Waals surface area contributed by atoms with Gasteiger partial charge in [-0.25, -0.2) is 8.42 Å². The number of alkyl halides is 3. The second-order valence-electron chi connectivity index (χ2n) is 5.40. The Morgan fingerprint density at radius 2 is 1.67 bits per heavy atom. The van der Waals surface area contributed by atoms with E-state index in [0.717, 1.165) is 11.6 Å². The molecule has 0 amide bonds. The number of H-pyrrole nitrogens is 1. The number of anilines is 1. The molecule has 1 heterocycles. The van der Waals surface area contributed by atoms with Gasteiger partial charge in [0.15, 0.2) is 0 Å². The lowest BCUT2D eigenvalue weighted by molar-refractivity contribution is -0.140. The molecule has 0 bridgehead atoms. The molecule has 0 aliphatic carbocycles. The maximum atomic E-state index is 12.7. The molecular weight excluding hydrogens is 341 g/mol. The van der Waals surface area contributed by atoms with Crippen LogP contribution in [0.4, 0.5) is 18.9 Å². The molecule has 24 heavy (non-hydrogen) atoms. The van der Waals surface area contributed by atoms with Gasteiger partial charge in [-0.3, -0.25) is 4.72 Å². The summed E-state index contributed by atoms with van der Waals surface area (Å²) in [6.07, 6.45) is -4.49. The summed E-state index contributed by atoms with van der Waals surface area (Å²) >= 11 is 0. The summed E-state index contributed by atoms with van der Waals surface area (Å²) in [5.74, 6) is 0. The number of rotatable bonds is 3. The maximum absolute atomic E-state index is 12.7. The number of aryl methyl sites for hydroxylation is 1. The third kappa shape index (κ3) is 3.23. The van der Waals surface area contributed by atoms with Crippen LogP contribution in [0, 0.1) is 6.92 Å². The highest BCUT2D eigenvalue weighted by Gasteiger charge is 2.32. The zero-order valence-electron chi connectivity index (χ0n) is 12.5. The summed E-state index contributed by atoms with van der Waals surface area (Å²) in [6.45, 7) is 1.84. The Morgan fingerprint density at radius 3 is 2.29 bits per heavy atom. The van der Waals surface area contributed by atoms with Gasteiger partial charge in [-0.2, -0.15) is 13.2 Å². The van der Waals surface area contributed by atoms with Crippen molar-refractivity contribution in [2.75, 3.05) is 4.72 Å². The van der Waals surface area contributed by atoms with Crippen LogP contribution in [0.25, 0.3) is 10.9 Å². The fourth-order valence-electron chi connectivity index (χ4n) is 2.28. The van der Waals surface area contributed by atoms with Crippen molar-refractivity contribution in [1.82, 2.24) is 4.98 Å². The van der Waals surface area contributed by atoms with Crippen LogP contribution in [0.2, 0.25) is 0 Å². The highest BCUT2D eigenvalue weighted by Crippen LogP contribution is 2.32. The van der Waals surface area contributed by atoms with Crippen LogP contribution in [-0.2, 0) is 16.2 Å². The second kappa shape index (κ2) is 5.55. The lowest BCUT2D eigenvalue weighted by Gasteiger charge is -2.08. The van der Waals surface area contributed by atoms with Gasteiger partial charge in [0.2, 0.25) is 0 Å². The monoisotopic (exact) mass is 354 g/mol. The molecule has 126 valence electrons. The molecule has 0 saturated carbocycles. The number of nitrogens with one attached hydrogen (secondary N) is 2. The smallest absolute Gasteiger partial charge is 0.351 e. The summed E-state index contributed by atoms with van der Waals surface area (Å²) in [5, 5.41) is 0.270. The van der Waals surface area contributed by atoms with Crippen molar-refractivity contribution >= 4 is 26.6 Å². The fourth-order valence-corrected chi connectivity index (χ4v) is 3.33. The Balaban J connectivity index is 1.93. The van der Waals surface area contributed by atoms with Crippen molar-refractivity contribution in [3.63, 3.8) is 0 Å². The van der Waals surface area contributed by atoms with Crippen LogP contribution in [0.5, 0.6) is 0 Å². The predicted octanol–water partition coefficient (Wildman–Crippen LogP) is 4.30. The van der Waals surface area contributed by atoms with Crippen molar-refractivity contribution in [2.24, 2.45) is 0 Å². The van der Waals surface area contributed by atoms with Crippen LogP contribution < -0.4 is 4.72 Å². The molecule has 0 fully saturated rings. The number of benzene rings is 2. The minimum atomic E-state index is -4.49. The summed E-state index contributed by atoms with van der Waals surface area (Å²) in [6, 6.07) is 11.4. The standard InChI is InChI=1S/C16H13F3N2O2S/c1-10-2-5-13(6-3-10)24(22,23)21-12-4-7-14-11(8-12)9-15(20-14)16(17,18)19/h2-9,20-21H,1H3. The minimum absolute atomic E-state index is 0.0817. The first-order chi connectivity index (χ1) is 11.1. The van der Waals surface area contributed by atoms with Crippen LogP contribution in [0.3, 0.4) is 0 Å². The number of halogens is 3. The van der Waals surface area contributed by atoms with Crippen molar-refractivity contribution in [1.29, 1.82) is 0 Å². The lowest BCUT2D eigenvalue weighted by Crippen LogP contribution is -2.12. The number of fused-ring (bicyclic) bond motifs is 1. The Labute approximate surface area is 136 Å². The molecule has 0 radical (unpaired) electrons. The van der Waals surface area contributed by atoms with Crippen molar-refractivity contribution in [2.45, 2.75) is 18.0 Å². The molecular formula is C16H13F3N2O2S. The third-order valence-corrected chi connectivity index (χ3v) is 4.91. The van der Waals surface area contributed by atoms with E-state index in [1.807, 2.05) is 6.92 Å². The number of sulfonamides is 1. The van der Waals surface area contributed by atoms with Crippen LogP contribution in [0.1, 0.15) is 11.3 Å². The molecule has 1 aromatic heterocycles. The third-order valence-electron chi connectivity index (χ3n) is 3.51. The van der Waals surface area contributed by atoms with E-state index in [4.69, 9.17) is 0 Å². The van der Waals surface area contributed by atoms with E-state index in [1.54, 1.807) is 12.1 Å². The quantitative estimate of drug-likeness (QED) is 0.737. The normalized spacial score (nSPS) is 12.5. The highest BCUT2D eigenvalue weighted by molar-refractivity contribution is 7.92. The van der Waals surface area contributed by atoms with Gasteiger partial charge >= 0.3 is 6.18 Å². The van der Waals surface area contributed by atoms with Gasteiger partial charge in [-0.15, -0.1) is 0 Å². The number of aromatic amines is 1. The van der Waals surface area contributed by atoms with E-state index >= 15 is 0 Å². The second-order valence-corrected chi connectivity index (χ2v) is 7.08. The van der Waals surface area contributed by atoms with E-state index in [1.165, 1.54) is 30.3 Å². The van der Waals surface area contributed by atoms with Gasteiger partial charge in [0.05, 0.1) is 4.90 Å². The van der Waals surface area contributed by atoms with Gasteiger partial charge in [-0.05, 0) is 43.3 Å². The largest absolute Gasteiger partial charge is 0.431 e. The van der Waals surface area contributed by atoms with Gasteiger partial charge in [0, 0.05) is 16.6 Å². The van der Waals surface area contributed by atoms with Gasteiger partial charge in [-0.1, -0.05) is 17.7 Å². The molecule has 0 spiro atoms. The summed E-state index contributed by atoms with van der Waals surface area (Å²) in [7, 11) is -3.80. The summed E-state index contributed by atoms with van der Waals surface area (Å²) in [5.41, 5.74) is 0.509. The zero-order valence-corrected chi connectivity index (χ0v) is 13.3. The summed E-state index contributed by atoms with van der Waals surface area (Å²) < 4.78 is 65.1. The fraction of sp³-hybridized carbons (Fsp3) is 0.125. The first-order valence-electron chi connectivity index (χ1n) is 6.95. The minimum Gasteiger partial charge on any atom is -0.351 e. The summed E-state index contributed by atoms with van der Waals surface area (Å²) in [4.78, 5) is 2.34. The number of aromatic nitrogens is 1. The van der Waals surface area contributed by atoms with E-state index in [-0.39, 0.29) is 21.5 Å². The molecule has 0 atom stereocenters. The Hall–Kier alpha value is -2.48.